The molecule has 9 nitrogen and oxygen atoms in total. The number of fused-ring (bicyclic) bond motifs is 1. The van der Waals surface area contributed by atoms with Crippen LogP contribution in [0, 0.1) is 0 Å². The van der Waals surface area contributed by atoms with Crippen molar-refractivity contribution in [2.45, 2.75) is 43.9 Å². The van der Waals surface area contributed by atoms with Gasteiger partial charge < -0.3 is 34.1 Å². The molecule has 6 unspecified atom stereocenters. The molecule has 2 heterocycles. The Balaban J connectivity index is 1.63. The quantitative estimate of drug-likeness (QED) is 0.625. The molecule has 6 atom stereocenters. The number of aliphatic carboxylic acids is 1. The lowest BCUT2D eigenvalue weighted by Gasteiger charge is -2.49. The third kappa shape index (κ3) is 5.63. The number of carboxylic acid groups (broad SMARTS) is 1. The number of rotatable bonds is 7. The van der Waals surface area contributed by atoms with Crippen molar-refractivity contribution in [2.24, 2.45) is 0 Å². The van der Waals surface area contributed by atoms with E-state index in [9.17, 15) is 14.7 Å². The third-order valence-electron chi connectivity index (χ3n) is 5.26. The summed E-state index contributed by atoms with van der Waals surface area (Å²) in [7, 11) is 0. The molecule has 0 radical (unpaired) electrons. The van der Waals surface area contributed by atoms with Crippen molar-refractivity contribution in [1.82, 2.24) is 5.32 Å². The Bertz CT molecular complexity index is 974. The molecule has 0 bridgehead atoms. The second kappa shape index (κ2) is 10.5. The van der Waals surface area contributed by atoms with Gasteiger partial charge in [0.2, 0.25) is 12.2 Å². The molecule has 1 amide bonds. The van der Waals surface area contributed by atoms with Crippen LogP contribution in [0.1, 0.15) is 18.8 Å². The van der Waals surface area contributed by atoms with E-state index in [0.717, 1.165) is 5.56 Å². The van der Waals surface area contributed by atoms with E-state index < -0.39 is 49.5 Å². The van der Waals surface area contributed by atoms with Gasteiger partial charge in [0.05, 0.1) is 11.6 Å². The maximum absolute atomic E-state index is 12.0. The van der Waals surface area contributed by atoms with E-state index in [1.165, 1.54) is 6.92 Å². The number of nitrogens with one attached hydrogen (secondary N) is 1. The summed E-state index contributed by atoms with van der Waals surface area (Å²) in [5, 5.41) is 12.3. The molecule has 2 aliphatic heterocycles. The van der Waals surface area contributed by atoms with Crippen molar-refractivity contribution < 1.29 is 38.4 Å². The van der Waals surface area contributed by atoms with E-state index >= 15 is 0 Å². The smallest absolute Gasteiger partial charge is 0.329 e. The first-order valence-electron chi connectivity index (χ1n) is 10.4. The van der Waals surface area contributed by atoms with E-state index in [1.54, 1.807) is 24.3 Å². The van der Waals surface area contributed by atoms with Crippen LogP contribution in [0.4, 0.5) is 0 Å². The van der Waals surface area contributed by atoms with Crippen LogP contribution in [0.15, 0.2) is 54.6 Å². The summed E-state index contributed by atoms with van der Waals surface area (Å²) in [6, 6.07) is 15.2. The Labute approximate surface area is 195 Å². The van der Waals surface area contributed by atoms with Crippen LogP contribution in [0.5, 0.6) is 5.75 Å². The number of amides is 1. The molecule has 0 spiro atoms. The molecule has 2 N–H and O–H groups in total. The summed E-state index contributed by atoms with van der Waals surface area (Å²) in [5.41, 5.74) is 0.790. The normalized spacial score (nSPS) is 29.0. The minimum Gasteiger partial charge on any atom is -0.480 e. The van der Waals surface area contributed by atoms with Crippen molar-refractivity contribution in [3.05, 3.63) is 65.2 Å². The molecule has 176 valence electrons. The molecule has 10 heteroatoms. The lowest BCUT2D eigenvalue weighted by molar-refractivity contribution is -0.337. The van der Waals surface area contributed by atoms with Crippen molar-refractivity contribution in [2.75, 3.05) is 13.2 Å². The van der Waals surface area contributed by atoms with Gasteiger partial charge in [-0.3, -0.25) is 4.79 Å². The number of hydrogen-bond acceptors (Lipinski definition) is 7. The number of carboxylic acids is 1. The molecule has 4 rings (SSSR count). The Kier molecular flexibility index (Phi) is 7.46. The molecule has 0 aliphatic carbocycles. The maximum atomic E-state index is 12.0. The molecule has 0 saturated carbocycles. The zero-order chi connectivity index (χ0) is 23.4. The first kappa shape index (κ1) is 23.5. The second-order valence-corrected chi connectivity index (χ2v) is 8.07. The summed E-state index contributed by atoms with van der Waals surface area (Å²) >= 11 is 6.23. The summed E-state index contributed by atoms with van der Waals surface area (Å²) < 4.78 is 29.8. The van der Waals surface area contributed by atoms with Crippen LogP contribution in [0.25, 0.3) is 0 Å². The van der Waals surface area contributed by atoms with Gasteiger partial charge in [-0.2, -0.15) is 0 Å². The lowest BCUT2D eigenvalue weighted by Crippen LogP contribution is -2.68. The number of ether oxygens (including phenoxy) is 5. The van der Waals surface area contributed by atoms with E-state index in [1.807, 2.05) is 30.3 Å². The Morgan fingerprint density at radius 1 is 1.12 bits per heavy atom. The predicted octanol–water partition coefficient (Wildman–Crippen LogP) is 2.53. The summed E-state index contributed by atoms with van der Waals surface area (Å²) in [6.07, 6.45) is -4.00. The first-order valence-corrected chi connectivity index (χ1v) is 10.8. The first-order chi connectivity index (χ1) is 15.9. The number of carbonyl (C=O) groups is 2. The van der Waals surface area contributed by atoms with Gasteiger partial charge in [0.15, 0.2) is 6.29 Å². The van der Waals surface area contributed by atoms with Gasteiger partial charge in [0.25, 0.3) is 0 Å². The van der Waals surface area contributed by atoms with Crippen molar-refractivity contribution in [1.29, 1.82) is 0 Å². The average Bonchev–Trinajstić information content (AvgIpc) is 2.80. The lowest BCUT2D eigenvalue weighted by atomic mass is 9.95. The van der Waals surface area contributed by atoms with Crippen LogP contribution in [0.2, 0.25) is 5.02 Å². The monoisotopic (exact) mass is 477 g/mol. The molecule has 33 heavy (non-hydrogen) atoms. The van der Waals surface area contributed by atoms with Crippen LogP contribution in [0.3, 0.4) is 0 Å². The van der Waals surface area contributed by atoms with Crippen LogP contribution < -0.4 is 10.1 Å². The number of benzene rings is 2. The van der Waals surface area contributed by atoms with Crippen LogP contribution in [-0.4, -0.2) is 60.8 Å². The molecular weight excluding hydrogens is 454 g/mol. The standard InChI is InChI=1S/C23H24ClNO8/c1-13(26)25-19-21(29-12-18(27)28)20-17(11-30-22(33-20)14-7-3-2-4-8-14)32-23(19)31-16-10-6-5-9-15(16)24/h2-10,17,19-23H,11-12H2,1H3,(H,25,26)(H,27,28). The van der Waals surface area contributed by atoms with Gasteiger partial charge in [0, 0.05) is 12.5 Å². The highest BCUT2D eigenvalue weighted by Crippen LogP contribution is 2.37. The fourth-order valence-electron chi connectivity index (χ4n) is 3.87. The highest BCUT2D eigenvalue weighted by molar-refractivity contribution is 6.32. The van der Waals surface area contributed by atoms with Gasteiger partial charge >= 0.3 is 5.97 Å². The molecule has 0 aromatic heterocycles. The highest BCUT2D eigenvalue weighted by Gasteiger charge is 2.52. The number of para-hydroxylation sites is 1. The van der Waals surface area contributed by atoms with Gasteiger partial charge in [-0.15, -0.1) is 0 Å². The van der Waals surface area contributed by atoms with Crippen LogP contribution >= 0.6 is 11.6 Å². The highest BCUT2D eigenvalue weighted by atomic mass is 35.5. The Morgan fingerprint density at radius 3 is 2.55 bits per heavy atom. The second-order valence-electron chi connectivity index (χ2n) is 7.66. The zero-order valence-electron chi connectivity index (χ0n) is 17.8. The zero-order valence-corrected chi connectivity index (χ0v) is 18.5. The molecule has 2 aromatic carbocycles. The fraction of sp³-hybridized carbons (Fsp3) is 0.391. The summed E-state index contributed by atoms with van der Waals surface area (Å²) in [4.78, 5) is 23.3. The average molecular weight is 478 g/mol. The molecule has 2 fully saturated rings. The predicted molar refractivity (Wildman–Crippen MR) is 116 cm³/mol. The summed E-state index contributed by atoms with van der Waals surface area (Å²) in [6.45, 7) is 0.889. The number of halogens is 1. The van der Waals surface area contributed by atoms with Crippen molar-refractivity contribution in [3.63, 3.8) is 0 Å². The maximum Gasteiger partial charge on any atom is 0.329 e. The van der Waals surface area contributed by atoms with Gasteiger partial charge in [-0.05, 0) is 12.1 Å². The minimum absolute atomic E-state index is 0.145. The Hall–Kier alpha value is -2.69. The Morgan fingerprint density at radius 2 is 1.85 bits per heavy atom. The van der Waals surface area contributed by atoms with E-state index in [2.05, 4.69) is 5.32 Å². The minimum atomic E-state index is -1.16. The summed E-state index contributed by atoms with van der Waals surface area (Å²) in [5.74, 6) is -1.19. The van der Waals surface area contributed by atoms with E-state index in [0.29, 0.717) is 10.8 Å². The van der Waals surface area contributed by atoms with Gasteiger partial charge in [0.1, 0.15) is 36.7 Å². The SMILES string of the molecule is CC(=O)NC1C(Oc2ccccc2Cl)OC2COC(c3ccccc3)OC2C1OCC(=O)O. The number of carbonyl (C=O) groups excluding carboxylic acids is 1. The fourth-order valence-corrected chi connectivity index (χ4v) is 4.05. The van der Waals surface area contributed by atoms with Crippen molar-refractivity contribution >= 4 is 23.5 Å². The van der Waals surface area contributed by atoms with Gasteiger partial charge in [-0.25, -0.2) is 4.79 Å². The molecule has 2 aromatic rings. The largest absolute Gasteiger partial charge is 0.480 e. The topological polar surface area (TPSA) is 113 Å². The number of hydrogen-bond donors (Lipinski definition) is 2. The third-order valence-corrected chi connectivity index (χ3v) is 5.57. The van der Waals surface area contributed by atoms with Crippen LogP contribution in [-0.2, 0) is 28.5 Å². The molecule has 2 aliphatic rings. The molecular formula is C23H24ClNO8. The molecule has 2 saturated heterocycles. The van der Waals surface area contributed by atoms with Crippen molar-refractivity contribution in [3.8, 4) is 5.75 Å². The van der Waals surface area contributed by atoms with E-state index in [-0.39, 0.29) is 12.5 Å². The van der Waals surface area contributed by atoms with E-state index in [4.69, 9.17) is 35.3 Å². The van der Waals surface area contributed by atoms with Gasteiger partial charge in [-0.1, -0.05) is 54.1 Å².